The summed E-state index contributed by atoms with van der Waals surface area (Å²) in [5, 5.41) is 6.58. The second-order valence-electron chi connectivity index (χ2n) is 5.51. The van der Waals surface area contributed by atoms with Crippen LogP contribution >= 0.6 is 0 Å². The molecule has 0 aliphatic carbocycles. The fourth-order valence-corrected chi connectivity index (χ4v) is 2.55. The Balaban J connectivity index is 1.71. The Morgan fingerprint density at radius 2 is 1.65 bits per heavy atom. The van der Waals surface area contributed by atoms with E-state index in [1.807, 2.05) is 61.5 Å². The van der Waals surface area contributed by atoms with Gasteiger partial charge in [0.05, 0.1) is 19.4 Å². The van der Waals surface area contributed by atoms with Gasteiger partial charge in [0.15, 0.2) is 0 Å². The summed E-state index contributed by atoms with van der Waals surface area (Å²) in [6, 6.07) is 17.5. The van der Waals surface area contributed by atoms with Crippen molar-refractivity contribution in [1.82, 2.24) is 9.97 Å². The minimum atomic E-state index is 0.605. The maximum Gasteiger partial charge on any atom is 0.142 e. The van der Waals surface area contributed by atoms with E-state index >= 15 is 0 Å². The Kier molecular flexibility index (Phi) is 5.88. The molecule has 3 rings (SSSR count). The van der Waals surface area contributed by atoms with E-state index in [9.17, 15) is 0 Å². The van der Waals surface area contributed by atoms with Crippen molar-refractivity contribution in [3.8, 4) is 11.5 Å². The number of para-hydroxylation sites is 3. The van der Waals surface area contributed by atoms with Crippen molar-refractivity contribution in [2.45, 2.75) is 13.5 Å². The molecule has 0 saturated carbocycles. The number of hydrogen-bond acceptors (Lipinski definition) is 6. The molecule has 134 valence electrons. The largest absolute Gasteiger partial charge is 0.496 e. The van der Waals surface area contributed by atoms with Gasteiger partial charge in [0.25, 0.3) is 0 Å². The van der Waals surface area contributed by atoms with Gasteiger partial charge in [0.1, 0.15) is 29.5 Å². The van der Waals surface area contributed by atoms with Gasteiger partial charge in [-0.2, -0.15) is 0 Å². The van der Waals surface area contributed by atoms with Crippen LogP contribution in [0.5, 0.6) is 11.5 Å². The Morgan fingerprint density at radius 1 is 0.923 bits per heavy atom. The fourth-order valence-electron chi connectivity index (χ4n) is 2.55. The lowest BCUT2D eigenvalue weighted by molar-refractivity contribution is 0.342. The number of ether oxygens (including phenoxy) is 2. The molecule has 2 N–H and O–H groups in total. The van der Waals surface area contributed by atoms with Crippen LogP contribution in [0.25, 0.3) is 0 Å². The molecular formula is C20H22N4O2. The zero-order valence-electron chi connectivity index (χ0n) is 14.9. The molecule has 0 aliphatic rings. The molecule has 1 aromatic heterocycles. The zero-order chi connectivity index (χ0) is 18.2. The first kappa shape index (κ1) is 17.5. The van der Waals surface area contributed by atoms with Crippen LogP contribution in [-0.4, -0.2) is 23.7 Å². The predicted octanol–water partition coefficient (Wildman–Crippen LogP) is 4.24. The number of anilines is 3. The van der Waals surface area contributed by atoms with Gasteiger partial charge in [-0.1, -0.05) is 30.3 Å². The van der Waals surface area contributed by atoms with Gasteiger partial charge in [-0.25, -0.2) is 9.97 Å². The van der Waals surface area contributed by atoms with Crippen LogP contribution in [0.3, 0.4) is 0 Å². The lowest BCUT2D eigenvalue weighted by Crippen LogP contribution is -2.05. The average Bonchev–Trinajstić information content (AvgIpc) is 2.68. The molecule has 26 heavy (non-hydrogen) atoms. The topological polar surface area (TPSA) is 68.3 Å². The van der Waals surface area contributed by atoms with Crippen LogP contribution in [0.2, 0.25) is 0 Å². The molecule has 0 bridgehead atoms. The highest BCUT2D eigenvalue weighted by Gasteiger charge is 2.06. The van der Waals surface area contributed by atoms with E-state index in [4.69, 9.17) is 9.47 Å². The number of nitrogens with one attached hydrogen (secondary N) is 2. The standard InChI is InChI=1S/C20H22N4O2/c1-3-26-18-11-7-5-9-16(18)24-20-12-19(22-14-23-20)21-13-15-8-4-6-10-17(15)25-2/h4-12,14H,3,13H2,1-2H3,(H2,21,22,23,24). The van der Waals surface area contributed by atoms with E-state index < -0.39 is 0 Å². The highest BCUT2D eigenvalue weighted by Crippen LogP contribution is 2.27. The van der Waals surface area contributed by atoms with E-state index in [0.717, 1.165) is 28.6 Å². The number of nitrogens with zero attached hydrogens (tertiary/aromatic N) is 2. The molecule has 2 aromatic carbocycles. The van der Waals surface area contributed by atoms with Crippen molar-refractivity contribution in [1.29, 1.82) is 0 Å². The molecule has 6 heteroatoms. The van der Waals surface area contributed by atoms with Gasteiger partial charge >= 0.3 is 0 Å². The molecule has 0 radical (unpaired) electrons. The molecule has 0 aliphatic heterocycles. The van der Waals surface area contributed by atoms with E-state index in [0.29, 0.717) is 19.0 Å². The van der Waals surface area contributed by atoms with E-state index in [2.05, 4.69) is 20.6 Å². The molecule has 1 heterocycles. The van der Waals surface area contributed by atoms with Crippen LogP contribution in [0.1, 0.15) is 12.5 Å². The fraction of sp³-hybridized carbons (Fsp3) is 0.200. The minimum absolute atomic E-state index is 0.605. The van der Waals surface area contributed by atoms with Gasteiger partial charge in [0.2, 0.25) is 0 Å². The van der Waals surface area contributed by atoms with Gasteiger partial charge < -0.3 is 20.1 Å². The number of hydrogen-bond donors (Lipinski definition) is 2. The third-order valence-electron chi connectivity index (χ3n) is 3.77. The van der Waals surface area contributed by atoms with E-state index in [1.54, 1.807) is 7.11 Å². The Labute approximate surface area is 153 Å². The normalized spacial score (nSPS) is 10.2. The Morgan fingerprint density at radius 3 is 2.46 bits per heavy atom. The van der Waals surface area contributed by atoms with Crippen LogP contribution in [0.4, 0.5) is 17.3 Å². The third kappa shape index (κ3) is 4.42. The third-order valence-corrected chi connectivity index (χ3v) is 3.77. The van der Waals surface area contributed by atoms with Crippen molar-refractivity contribution in [3.05, 3.63) is 66.5 Å². The first-order valence-electron chi connectivity index (χ1n) is 8.47. The molecule has 0 unspecified atom stereocenters. The molecule has 0 spiro atoms. The smallest absolute Gasteiger partial charge is 0.142 e. The summed E-state index contributed by atoms with van der Waals surface area (Å²) in [5.74, 6) is 3.05. The lowest BCUT2D eigenvalue weighted by Gasteiger charge is -2.13. The summed E-state index contributed by atoms with van der Waals surface area (Å²) in [4.78, 5) is 8.56. The maximum absolute atomic E-state index is 5.63. The molecule has 6 nitrogen and oxygen atoms in total. The zero-order valence-corrected chi connectivity index (χ0v) is 14.9. The van der Waals surface area contributed by atoms with Crippen LogP contribution in [0.15, 0.2) is 60.9 Å². The summed E-state index contributed by atoms with van der Waals surface area (Å²) in [6.45, 7) is 3.17. The SMILES string of the molecule is CCOc1ccccc1Nc1cc(NCc2ccccc2OC)ncn1. The van der Waals surface area contributed by atoms with Crippen LogP contribution in [-0.2, 0) is 6.54 Å². The van der Waals surface area contributed by atoms with Crippen molar-refractivity contribution in [3.63, 3.8) is 0 Å². The Bertz CT molecular complexity index is 854. The summed E-state index contributed by atoms with van der Waals surface area (Å²) in [5.41, 5.74) is 1.92. The van der Waals surface area contributed by atoms with E-state index in [1.165, 1.54) is 6.33 Å². The second kappa shape index (κ2) is 8.71. The number of methoxy groups -OCH3 is 1. The molecule has 0 saturated heterocycles. The van der Waals surface area contributed by atoms with E-state index in [-0.39, 0.29) is 0 Å². The summed E-state index contributed by atoms with van der Waals surface area (Å²) in [6.07, 6.45) is 1.52. The number of aromatic nitrogens is 2. The van der Waals surface area contributed by atoms with Crippen molar-refractivity contribution in [2.24, 2.45) is 0 Å². The molecule has 0 atom stereocenters. The average molecular weight is 350 g/mol. The highest BCUT2D eigenvalue weighted by molar-refractivity contribution is 5.65. The van der Waals surface area contributed by atoms with Gasteiger partial charge in [0, 0.05) is 18.2 Å². The lowest BCUT2D eigenvalue weighted by atomic mass is 10.2. The van der Waals surface area contributed by atoms with Crippen LogP contribution in [0, 0.1) is 0 Å². The molecule has 0 fully saturated rings. The summed E-state index contributed by atoms with van der Waals surface area (Å²) < 4.78 is 11.0. The maximum atomic E-state index is 5.63. The van der Waals surface area contributed by atoms with Crippen molar-refractivity contribution >= 4 is 17.3 Å². The quantitative estimate of drug-likeness (QED) is 0.633. The van der Waals surface area contributed by atoms with Gasteiger partial charge in [-0.15, -0.1) is 0 Å². The predicted molar refractivity (Wildman–Crippen MR) is 103 cm³/mol. The molecule has 0 amide bonds. The first-order valence-corrected chi connectivity index (χ1v) is 8.47. The number of benzene rings is 2. The molecule has 3 aromatic rings. The first-order chi connectivity index (χ1) is 12.8. The second-order valence-corrected chi connectivity index (χ2v) is 5.51. The highest BCUT2D eigenvalue weighted by atomic mass is 16.5. The Hall–Kier alpha value is -3.28. The van der Waals surface area contributed by atoms with Crippen molar-refractivity contribution < 1.29 is 9.47 Å². The van der Waals surface area contributed by atoms with Gasteiger partial charge in [-0.05, 0) is 25.1 Å². The summed E-state index contributed by atoms with van der Waals surface area (Å²) in [7, 11) is 1.67. The number of rotatable bonds is 8. The summed E-state index contributed by atoms with van der Waals surface area (Å²) >= 11 is 0. The van der Waals surface area contributed by atoms with Crippen molar-refractivity contribution in [2.75, 3.05) is 24.4 Å². The monoisotopic (exact) mass is 350 g/mol. The minimum Gasteiger partial charge on any atom is -0.496 e. The van der Waals surface area contributed by atoms with Gasteiger partial charge in [-0.3, -0.25) is 0 Å². The molecular weight excluding hydrogens is 328 g/mol. The van der Waals surface area contributed by atoms with Crippen LogP contribution < -0.4 is 20.1 Å².